The fourth-order valence-electron chi connectivity index (χ4n) is 3.37. The summed E-state index contributed by atoms with van der Waals surface area (Å²) in [6.07, 6.45) is 8.11. The third-order valence-electron chi connectivity index (χ3n) is 4.87. The van der Waals surface area contributed by atoms with Crippen LogP contribution in [-0.4, -0.2) is 18.8 Å². The van der Waals surface area contributed by atoms with Crippen LogP contribution in [0.4, 0.5) is 0 Å². The summed E-state index contributed by atoms with van der Waals surface area (Å²) in [6, 6.07) is 32.4. The Balaban J connectivity index is 0.000000214. The van der Waals surface area contributed by atoms with Crippen LogP contribution in [0, 0.1) is 14.9 Å². The van der Waals surface area contributed by atoms with Crippen molar-refractivity contribution in [3.8, 4) is 22.5 Å². The molecule has 0 atom stereocenters. The third kappa shape index (κ3) is 5.83. The Morgan fingerprint density at radius 1 is 0.455 bits per heavy atom. The number of pyridine rings is 2. The Kier molecular flexibility index (Phi) is 9.29. The first kappa shape index (κ1) is 25.7. The van der Waals surface area contributed by atoms with Gasteiger partial charge in [-0.05, 0) is 24.3 Å². The summed E-state index contributed by atoms with van der Waals surface area (Å²) in [7, 11) is 0. The first-order valence-electron chi connectivity index (χ1n) is 9.85. The molecule has 0 bridgehead atoms. The summed E-state index contributed by atoms with van der Waals surface area (Å²) in [4.78, 5) is 9.09. The van der Waals surface area contributed by atoms with E-state index in [1.165, 1.54) is 0 Å². The van der Waals surface area contributed by atoms with Gasteiger partial charge in [-0.2, -0.15) is 0 Å². The van der Waals surface area contributed by atoms with Crippen LogP contribution < -0.4 is 0 Å². The van der Waals surface area contributed by atoms with Gasteiger partial charge < -0.3 is 23.7 Å². The van der Waals surface area contributed by atoms with Crippen LogP contribution in [0.25, 0.3) is 33.8 Å². The summed E-state index contributed by atoms with van der Waals surface area (Å²) < 4.78 is 4.06. The van der Waals surface area contributed by atoms with Crippen LogP contribution in [0.2, 0.25) is 0 Å². The molecular formula is C28H26IrN4-2. The van der Waals surface area contributed by atoms with E-state index in [-0.39, 0.29) is 35.0 Å². The van der Waals surface area contributed by atoms with E-state index in [1.807, 2.05) is 106 Å². The number of fused-ring (bicyclic) bond motifs is 2. The number of aromatic nitrogens is 4. The van der Waals surface area contributed by atoms with Gasteiger partial charge in [0.15, 0.2) is 0 Å². The molecule has 4 nitrogen and oxygen atoms in total. The SMILES string of the molecule is [CH3-].[CH3-].[Ir].c1ccc(-c2cn3ccccc3n2)cc1.c1ccc(-c2cn3ccccc3n2)cc1. The molecule has 0 saturated carbocycles. The number of hydrogen-bond donors (Lipinski definition) is 0. The van der Waals surface area contributed by atoms with Gasteiger partial charge >= 0.3 is 0 Å². The number of hydrogen-bond acceptors (Lipinski definition) is 2. The van der Waals surface area contributed by atoms with Gasteiger partial charge in [-0.15, -0.1) is 0 Å². The monoisotopic (exact) mass is 611 g/mol. The predicted molar refractivity (Wildman–Crippen MR) is 134 cm³/mol. The molecular weight excluding hydrogens is 585 g/mol. The molecule has 2 aromatic carbocycles. The average Bonchev–Trinajstić information content (AvgIpc) is 3.45. The van der Waals surface area contributed by atoms with Crippen LogP contribution in [0.1, 0.15) is 0 Å². The fourth-order valence-corrected chi connectivity index (χ4v) is 3.37. The minimum Gasteiger partial charge on any atom is -0.358 e. The van der Waals surface area contributed by atoms with Crippen LogP contribution in [0.3, 0.4) is 0 Å². The summed E-state index contributed by atoms with van der Waals surface area (Å²) in [5, 5.41) is 0. The normalized spacial score (nSPS) is 9.70. The topological polar surface area (TPSA) is 34.6 Å². The van der Waals surface area contributed by atoms with Crippen molar-refractivity contribution in [2.75, 3.05) is 0 Å². The molecule has 5 heteroatoms. The second kappa shape index (κ2) is 11.9. The van der Waals surface area contributed by atoms with Crippen molar-refractivity contribution in [3.63, 3.8) is 0 Å². The molecule has 0 amide bonds. The zero-order valence-electron chi connectivity index (χ0n) is 18.7. The zero-order chi connectivity index (χ0) is 20.2. The Hall–Kier alpha value is -3.53. The van der Waals surface area contributed by atoms with E-state index >= 15 is 0 Å². The Morgan fingerprint density at radius 3 is 1.18 bits per heavy atom. The number of imidazole rings is 2. The Labute approximate surface area is 209 Å². The molecule has 0 unspecified atom stereocenters. The van der Waals surface area contributed by atoms with Crippen LogP contribution in [-0.2, 0) is 20.1 Å². The van der Waals surface area contributed by atoms with Gasteiger partial charge in [0.1, 0.15) is 11.3 Å². The van der Waals surface area contributed by atoms with Gasteiger partial charge in [0.2, 0.25) is 0 Å². The molecule has 0 N–H and O–H groups in total. The molecule has 6 aromatic rings. The number of rotatable bonds is 2. The van der Waals surface area contributed by atoms with E-state index < -0.39 is 0 Å². The van der Waals surface area contributed by atoms with Crippen molar-refractivity contribution in [3.05, 3.63) is 137 Å². The van der Waals surface area contributed by atoms with Crippen molar-refractivity contribution in [1.82, 2.24) is 18.8 Å². The standard InChI is InChI=1S/2C13H10N2.2CH3.Ir/c2*1-2-6-11(7-3-1)12-10-15-9-5-4-8-13(15)14-12;;;/h2*1-10H;2*1H3;/q;;2*-1;. The Bertz CT molecular complexity index is 1210. The first-order valence-corrected chi connectivity index (χ1v) is 9.85. The molecule has 6 rings (SSSR count). The second-order valence-electron chi connectivity index (χ2n) is 6.92. The maximum Gasteiger partial charge on any atom is 0.137 e. The van der Waals surface area contributed by atoms with Gasteiger partial charge in [-0.25, -0.2) is 9.97 Å². The Morgan fingerprint density at radius 2 is 0.818 bits per heavy atom. The molecule has 33 heavy (non-hydrogen) atoms. The molecule has 0 saturated heterocycles. The molecule has 0 aliphatic rings. The molecule has 0 aliphatic heterocycles. The largest absolute Gasteiger partial charge is 0.358 e. The molecule has 4 heterocycles. The number of benzene rings is 2. The number of nitrogens with zero attached hydrogens (tertiary/aromatic N) is 4. The van der Waals surface area contributed by atoms with E-state index in [0.29, 0.717) is 0 Å². The van der Waals surface area contributed by atoms with Crippen molar-refractivity contribution in [2.24, 2.45) is 0 Å². The first-order chi connectivity index (χ1) is 14.9. The molecule has 1 radical (unpaired) electrons. The molecule has 0 spiro atoms. The summed E-state index contributed by atoms with van der Waals surface area (Å²) in [6.45, 7) is 0. The van der Waals surface area contributed by atoms with Gasteiger partial charge in [-0.1, -0.05) is 72.8 Å². The summed E-state index contributed by atoms with van der Waals surface area (Å²) >= 11 is 0. The zero-order valence-corrected chi connectivity index (χ0v) is 21.1. The minimum absolute atomic E-state index is 0. The van der Waals surface area contributed by atoms with Crippen molar-refractivity contribution in [2.45, 2.75) is 0 Å². The van der Waals surface area contributed by atoms with Crippen LogP contribution in [0.5, 0.6) is 0 Å². The third-order valence-corrected chi connectivity index (χ3v) is 4.87. The van der Waals surface area contributed by atoms with Crippen LogP contribution >= 0.6 is 0 Å². The molecule has 169 valence electrons. The predicted octanol–water partition coefficient (Wildman–Crippen LogP) is 6.90. The second-order valence-corrected chi connectivity index (χ2v) is 6.92. The maximum absolute atomic E-state index is 4.55. The smallest absolute Gasteiger partial charge is 0.137 e. The summed E-state index contributed by atoms with van der Waals surface area (Å²) in [5.74, 6) is 0. The van der Waals surface area contributed by atoms with E-state index in [1.54, 1.807) is 0 Å². The van der Waals surface area contributed by atoms with E-state index in [4.69, 9.17) is 0 Å². The van der Waals surface area contributed by atoms with Crippen molar-refractivity contribution >= 4 is 11.3 Å². The quantitative estimate of drug-likeness (QED) is 0.200. The van der Waals surface area contributed by atoms with Gasteiger partial charge in [0.25, 0.3) is 0 Å². The van der Waals surface area contributed by atoms with Crippen LogP contribution in [0.15, 0.2) is 122 Å². The average molecular weight is 611 g/mol. The van der Waals surface area contributed by atoms with Crippen molar-refractivity contribution < 1.29 is 20.1 Å². The van der Waals surface area contributed by atoms with Crippen molar-refractivity contribution in [1.29, 1.82) is 0 Å². The van der Waals surface area contributed by atoms with E-state index in [2.05, 4.69) is 34.2 Å². The molecule has 0 fully saturated rings. The fraction of sp³-hybridized carbons (Fsp3) is 0. The summed E-state index contributed by atoms with van der Waals surface area (Å²) in [5.41, 5.74) is 6.30. The molecule has 0 aliphatic carbocycles. The molecule has 4 aromatic heterocycles. The maximum atomic E-state index is 4.55. The van der Waals surface area contributed by atoms with Gasteiger partial charge in [0, 0.05) is 56.0 Å². The van der Waals surface area contributed by atoms with E-state index in [9.17, 15) is 0 Å². The van der Waals surface area contributed by atoms with Gasteiger partial charge in [0.05, 0.1) is 11.4 Å². The minimum atomic E-state index is 0. The van der Waals surface area contributed by atoms with Gasteiger partial charge in [-0.3, -0.25) is 0 Å². The van der Waals surface area contributed by atoms with E-state index in [0.717, 1.165) is 33.8 Å².